The molecule has 23 heavy (non-hydrogen) atoms. The molecule has 1 saturated heterocycles. The molecule has 6 heteroatoms. The summed E-state index contributed by atoms with van der Waals surface area (Å²) in [6.07, 6.45) is 3.97. The summed E-state index contributed by atoms with van der Waals surface area (Å²) in [4.78, 5) is 16.7. The van der Waals surface area contributed by atoms with Gasteiger partial charge in [-0.25, -0.2) is 0 Å². The Labute approximate surface area is 135 Å². The van der Waals surface area contributed by atoms with Crippen LogP contribution in [-0.4, -0.2) is 43.1 Å². The van der Waals surface area contributed by atoms with E-state index >= 15 is 0 Å². The van der Waals surface area contributed by atoms with Crippen LogP contribution < -0.4 is 10.1 Å². The number of hydrogen-bond acceptors (Lipinski definition) is 5. The fourth-order valence-electron chi connectivity index (χ4n) is 3.06. The lowest BCUT2D eigenvalue weighted by molar-refractivity contribution is -0.142. The maximum Gasteiger partial charge on any atom is 0.314 e. The van der Waals surface area contributed by atoms with Crippen molar-refractivity contribution in [3.8, 4) is 5.75 Å². The SMILES string of the molecule is O=C(O)[C@@H](c1ccc(OCC2CCNCC2)cc1)[C@H]1CC=NO1. The lowest BCUT2D eigenvalue weighted by Crippen LogP contribution is -2.30. The topological polar surface area (TPSA) is 80.2 Å². The maximum absolute atomic E-state index is 11.5. The Balaban J connectivity index is 1.59. The second-order valence-corrected chi connectivity index (χ2v) is 6.06. The van der Waals surface area contributed by atoms with Crippen LogP contribution in [0.15, 0.2) is 29.4 Å². The van der Waals surface area contributed by atoms with E-state index in [-0.39, 0.29) is 0 Å². The van der Waals surface area contributed by atoms with Gasteiger partial charge >= 0.3 is 5.97 Å². The maximum atomic E-state index is 11.5. The smallest absolute Gasteiger partial charge is 0.314 e. The molecule has 0 saturated carbocycles. The zero-order chi connectivity index (χ0) is 16.1. The van der Waals surface area contributed by atoms with Crippen molar-refractivity contribution in [1.29, 1.82) is 0 Å². The zero-order valence-electron chi connectivity index (χ0n) is 13.0. The third-order valence-corrected chi connectivity index (χ3v) is 4.43. The molecule has 1 aromatic rings. The third-order valence-electron chi connectivity index (χ3n) is 4.43. The number of carboxylic acid groups (broad SMARTS) is 1. The van der Waals surface area contributed by atoms with Crippen LogP contribution in [0.25, 0.3) is 0 Å². The van der Waals surface area contributed by atoms with Crippen molar-refractivity contribution in [2.75, 3.05) is 19.7 Å². The molecule has 2 heterocycles. The highest BCUT2D eigenvalue weighted by Gasteiger charge is 2.33. The molecule has 6 nitrogen and oxygen atoms in total. The van der Waals surface area contributed by atoms with E-state index in [2.05, 4.69) is 10.5 Å². The molecule has 0 aliphatic carbocycles. The molecule has 0 bridgehead atoms. The number of hydrogen-bond donors (Lipinski definition) is 2. The van der Waals surface area contributed by atoms with Crippen LogP contribution in [0.4, 0.5) is 0 Å². The first kappa shape index (κ1) is 15.8. The predicted octanol–water partition coefficient (Wildman–Crippen LogP) is 2.01. The highest BCUT2D eigenvalue weighted by atomic mass is 16.6. The molecule has 3 rings (SSSR count). The Morgan fingerprint density at radius 3 is 2.70 bits per heavy atom. The molecule has 1 aromatic carbocycles. The van der Waals surface area contributed by atoms with Crippen LogP contribution in [0.2, 0.25) is 0 Å². The third kappa shape index (κ3) is 4.01. The molecule has 124 valence electrons. The van der Waals surface area contributed by atoms with Crippen molar-refractivity contribution in [2.45, 2.75) is 31.3 Å². The normalized spacial score (nSPS) is 22.5. The summed E-state index contributed by atoms with van der Waals surface area (Å²) in [6.45, 7) is 2.82. The van der Waals surface area contributed by atoms with Gasteiger partial charge in [-0.1, -0.05) is 17.3 Å². The average molecular weight is 318 g/mol. The molecule has 1 fully saturated rings. The van der Waals surface area contributed by atoms with Crippen LogP contribution >= 0.6 is 0 Å². The number of nitrogens with zero attached hydrogens (tertiary/aromatic N) is 1. The van der Waals surface area contributed by atoms with E-state index in [1.54, 1.807) is 18.3 Å². The van der Waals surface area contributed by atoms with Crippen LogP contribution in [0.5, 0.6) is 5.75 Å². The van der Waals surface area contributed by atoms with Gasteiger partial charge in [0.2, 0.25) is 0 Å². The van der Waals surface area contributed by atoms with Crippen molar-refractivity contribution in [3.63, 3.8) is 0 Å². The largest absolute Gasteiger partial charge is 0.493 e. The summed E-state index contributed by atoms with van der Waals surface area (Å²) >= 11 is 0. The van der Waals surface area contributed by atoms with E-state index in [9.17, 15) is 9.90 Å². The summed E-state index contributed by atoms with van der Waals surface area (Å²) in [5.74, 6) is -0.244. The molecule has 2 aliphatic heterocycles. The lowest BCUT2D eigenvalue weighted by Gasteiger charge is -2.23. The minimum Gasteiger partial charge on any atom is -0.493 e. The number of carboxylic acids is 1. The molecule has 0 radical (unpaired) electrons. The van der Waals surface area contributed by atoms with Crippen LogP contribution in [0, 0.1) is 5.92 Å². The standard InChI is InChI=1S/C17H22N2O4/c20-17(21)16(15-7-10-19-23-15)13-1-3-14(4-2-13)22-11-12-5-8-18-9-6-12/h1-4,10,12,15-16,18H,5-9,11H2,(H,20,21)/t15-,16+/m1/s1. The van der Waals surface area contributed by atoms with Crippen LogP contribution in [0.3, 0.4) is 0 Å². The molecular formula is C17H22N2O4. The van der Waals surface area contributed by atoms with Gasteiger partial charge in [0.25, 0.3) is 0 Å². The van der Waals surface area contributed by atoms with Crippen molar-refractivity contribution in [2.24, 2.45) is 11.1 Å². The summed E-state index contributed by atoms with van der Waals surface area (Å²) in [5.41, 5.74) is 0.710. The highest BCUT2D eigenvalue weighted by Crippen LogP contribution is 2.28. The number of ether oxygens (including phenoxy) is 1. The monoisotopic (exact) mass is 318 g/mol. The van der Waals surface area contributed by atoms with E-state index in [4.69, 9.17) is 9.57 Å². The first-order valence-electron chi connectivity index (χ1n) is 8.08. The number of carbonyl (C=O) groups is 1. The zero-order valence-corrected chi connectivity index (χ0v) is 13.0. The molecule has 2 N–H and O–H groups in total. The highest BCUT2D eigenvalue weighted by molar-refractivity contribution is 5.78. The minimum atomic E-state index is -0.899. The van der Waals surface area contributed by atoms with Gasteiger partial charge in [-0.05, 0) is 49.5 Å². The van der Waals surface area contributed by atoms with E-state index in [1.165, 1.54) is 0 Å². The van der Waals surface area contributed by atoms with E-state index in [1.807, 2.05) is 12.1 Å². The number of piperidine rings is 1. The van der Waals surface area contributed by atoms with Gasteiger partial charge in [0.15, 0.2) is 0 Å². The molecular weight excluding hydrogens is 296 g/mol. The Bertz CT molecular complexity index is 544. The van der Waals surface area contributed by atoms with Crippen LogP contribution in [-0.2, 0) is 9.63 Å². The average Bonchev–Trinajstić information content (AvgIpc) is 3.09. The first-order chi connectivity index (χ1) is 11.2. The predicted molar refractivity (Wildman–Crippen MR) is 85.9 cm³/mol. The molecule has 0 unspecified atom stereocenters. The number of rotatable bonds is 6. The van der Waals surface area contributed by atoms with Crippen molar-refractivity contribution in [3.05, 3.63) is 29.8 Å². The van der Waals surface area contributed by atoms with Gasteiger partial charge in [0, 0.05) is 12.6 Å². The van der Waals surface area contributed by atoms with Gasteiger partial charge in [0.05, 0.1) is 6.61 Å². The Hall–Kier alpha value is -2.08. The molecule has 2 aliphatic rings. The minimum absolute atomic E-state index is 0.436. The second-order valence-electron chi connectivity index (χ2n) is 6.06. The number of aliphatic carboxylic acids is 1. The quantitative estimate of drug-likeness (QED) is 0.838. The first-order valence-corrected chi connectivity index (χ1v) is 8.08. The fourth-order valence-corrected chi connectivity index (χ4v) is 3.06. The fraction of sp³-hybridized carbons (Fsp3) is 0.529. The van der Waals surface area contributed by atoms with E-state index in [0.717, 1.165) is 31.7 Å². The van der Waals surface area contributed by atoms with Gasteiger partial charge in [0.1, 0.15) is 17.8 Å². The Morgan fingerprint density at radius 2 is 2.09 bits per heavy atom. The summed E-state index contributed by atoms with van der Waals surface area (Å²) in [6, 6.07) is 7.28. The summed E-state index contributed by atoms with van der Waals surface area (Å²) < 4.78 is 5.84. The molecule has 0 spiro atoms. The number of benzene rings is 1. The van der Waals surface area contributed by atoms with Crippen molar-refractivity contribution in [1.82, 2.24) is 5.32 Å². The van der Waals surface area contributed by atoms with Crippen molar-refractivity contribution < 1.29 is 19.5 Å². The van der Waals surface area contributed by atoms with Gasteiger partial charge < -0.3 is 20.0 Å². The second kappa shape index (κ2) is 7.46. The van der Waals surface area contributed by atoms with E-state index in [0.29, 0.717) is 24.5 Å². The number of oxime groups is 1. The van der Waals surface area contributed by atoms with Gasteiger partial charge in [-0.2, -0.15) is 0 Å². The summed E-state index contributed by atoms with van der Waals surface area (Å²) in [5, 5.41) is 16.5. The van der Waals surface area contributed by atoms with Crippen LogP contribution in [0.1, 0.15) is 30.7 Å². The lowest BCUT2D eigenvalue weighted by atomic mass is 9.92. The molecule has 0 amide bonds. The van der Waals surface area contributed by atoms with Gasteiger partial charge in [-0.15, -0.1) is 0 Å². The summed E-state index contributed by atoms with van der Waals surface area (Å²) in [7, 11) is 0. The van der Waals surface area contributed by atoms with Crippen molar-refractivity contribution >= 4 is 12.2 Å². The molecule has 0 aromatic heterocycles. The Kier molecular flexibility index (Phi) is 5.12. The van der Waals surface area contributed by atoms with E-state index < -0.39 is 18.0 Å². The Morgan fingerprint density at radius 1 is 1.35 bits per heavy atom. The molecule has 2 atom stereocenters. The van der Waals surface area contributed by atoms with Gasteiger partial charge in [-0.3, -0.25) is 4.79 Å². The number of nitrogens with one attached hydrogen (secondary N) is 1.